The first kappa shape index (κ1) is 39.8. The Morgan fingerprint density at radius 1 is 0.822 bits per heavy atom. The molecule has 2 heterocycles. The molecule has 0 amide bonds. The SMILES string of the molecule is CCCCCCCCCCCCCCCCOCC1OCC(COCCCC[n+]2ccsc2)O1.Cc1ccc(S(=O)(=O)[O-])cc1. The van der Waals surface area contributed by atoms with Gasteiger partial charge in [-0.05, 0) is 31.9 Å². The summed E-state index contributed by atoms with van der Waals surface area (Å²) in [4.78, 5) is -0.178. The second-order valence-corrected chi connectivity index (χ2v) is 14.1. The molecule has 1 aromatic heterocycles. The van der Waals surface area contributed by atoms with E-state index < -0.39 is 10.1 Å². The number of rotatable bonds is 25. The highest BCUT2D eigenvalue weighted by Crippen LogP contribution is 2.15. The molecule has 8 nitrogen and oxygen atoms in total. The van der Waals surface area contributed by atoms with E-state index in [0.717, 1.165) is 44.6 Å². The zero-order valence-electron chi connectivity index (χ0n) is 27.9. The van der Waals surface area contributed by atoms with Gasteiger partial charge in [0, 0.05) is 19.6 Å². The molecule has 0 radical (unpaired) electrons. The van der Waals surface area contributed by atoms with E-state index >= 15 is 0 Å². The molecule has 2 unspecified atom stereocenters. The van der Waals surface area contributed by atoms with Crippen LogP contribution in [0.3, 0.4) is 0 Å². The van der Waals surface area contributed by atoms with Crippen LogP contribution in [0.1, 0.15) is 115 Å². The molecule has 258 valence electrons. The summed E-state index contributed by atoms with van der Waals surface area (Å²) in [7, 11) is -4.27. The number of hydrogen-bond donors (Lipinski definition) is 0. The first-order valence-corrected chi connectivity index (χ1v) is 19.6. The summed E-state index contributed by atoms with van der Waals surface area (Å²) in [5.41, 5.74) is 3.07. The molecule has 45 heavy (non-hydrogen) atoms. The molecule has 1 aliphatic rings. The summed E-state index contributed by atoms with van der Waals surface area (Å²) >= 11 is 1.73. The van der Waals surface area contributed by atoms with Crippen molar-refractivity contribution < 1.29 is 36.5 Å². The standard InChI is InChI=1S/C28H52NO4S.C7H8O3S/c1-2-3-4-5-6-7-8-9-10-11-12-13-14-16-20-31-25-28-32-24-27(33-28)23-30-21-17-15-18-29-19-22-34-26-29;1-6-2-4-7(5-3-6)11(8,9)10/h19,22,26-28H,2-18,20-21,23-25H2,1H3;2-5H,1H3,(H,8,9,10)/q+1;/p-1. The van der Waals surface area contributed by atoms with Crippen LogP contribution < -0.4 is 4.57 Å². The van der Waals surface area contributed by atoms with Crippen molar-refractivity contribution in [3.63, 3.8) is 0 Å². The van der Waals surface area contributed by atoms with E-state index in [1.165, 1.54) is 95.6 Å². The molecule has 0 spiro atoms. The maximum Gasteiger partial charge on any atom is 0.224 e. The molecule has 10 heteroatoms. The van der Waals surface area contributed by atoms with Crippen molar-refractivity contribution in [1.29, 1.82) is 0 Å². The zero-order valence-corrected chi connectivity index (χ0v) is 29.5. The molecule has 3 rings (SSSR count). The number of hydrogen-bond acceptors (Lipinski definition) is 8. The number of nitrogens with zero attached hydrogens (tertiary/aromatic N) is 1. The molecular formula is C35H59NO7S2. The van der Waals surface area contributed by atoms with E-state index in [4.69, 9.17) is 18.9 Å². The number of aryl methyl sites for hydroxylation is 2. The first-order valence-electron chi connectivity index (χ1n) is 17.2. The smallest absolute Gasteiger partial charge is 0.224 e. The predicted octanol–water partition coefficient (Wildman–Crippen LogP) is 7.97. The fraction of sp³-hybridized carbons (Fsp3) is 0.743. The van der Waals surface area contributed by atoms with Gasteiger partial charge in [0.05, 0.1) is 30.1 Å². The highest BCUT2D eigenvalue weighted by atomic mass is 32.2. The van der Waals surface area contributed by atoms with Crippen LogP contribution >= 0.6 is 11.3 Å². The topological polar surface area (TPSA) is 98.0 Å². The van der Waals surface area contributed by atoms with Crippen LogP contribution in [0.2, 0.25) is 0 Å². The van der Waals surface area contributed by atoms with Gasteiger partial charge in [-0.25, -0.2) is 8.42 Å². The molecule has 0 bridgehead atoms. The van der Waals surface area contributed by atoms with Crippen molar-refractivity contribution in [3.8, 4) is 0 Å². The van der Waals surface area contributed by atoms with Crippen molar-refractivity contribution >= 4 is 21.5 Å². The zero-order chi connectivity index (χ0) is 32.4. The number of unbranched alkanes of at least 4 members (excludes halogenated alkanes) is 14. The Bertz CT molecular complexity index is 1050. The largest absolute Gasteiger partial charge is 0.744 e. The minimum absolute atomic E-state index is 0.0425. The van der Waals surface area contributed by atoms with Crippen molar-refractivity contribution in [2.75, 3.05) is 33.0 Å². The van der Waals surface area contributed by atoms with Crippen LogP contribution in [0.5, 0.6) is 0 Å². The highest BCUT2D eigenvalue weighted by Gasteiger charge is 2.26. The second kappa shape index (κ2) is 25.7. The lowest BCUT2D eigenvalue weighted by atomic mass is 10.0. The summed E-state index contributed by atoms with van der Waals surface area (Å²) in [6.45, 7) is 8.52. The van der Waals surface area contributed by atoms with Gasteiger partial charge in [-0.3, -0.25) is 0 Å². The lowest BCUT2D eigenvalue weighted by Gasteiger charge is -2.12. The van der Waals surface area contributed by atoms with Crippen LogP contribution in [-0.4, -0.2) is 58.4 Å². The average Bonchev–Trinajstić information content (AvgIpc) is 3.71. The van der Waals surface area contributed by atoms with Gasteiger partial charge < -0.3 is 23.5 Å². The normalized spacial score (nSPS) is 16.5. The fourth-order valence-corrected chi connectivity index (χ4v) is 6.17. The quantitative estimate of drug-likeness (QED) is 0.0601. The van der Waals surface area contributed by atoms with Gasteiger partial charge in [0.15, 0.2) is 12.5 Å². The highest BCUT2D eigenvalue weighted by molar-refractivity contribution is 7.85. The summed E-state index contributed by atoms with van der Waals surface area (Å²) in [5.74, 6) is 0. The van der Waals surface area contributed by atoms with Crippen molar-refractivity contribution in [3.05, 3.63) is 46.9 Å². The van der Waals surface area contributed by atoms with Crippen LogP contribution in [0.15, 0.2) is 46.2 Å². The van der Waals surface area contributed by atoms with E-state index in [2.05, 4.69) is 28.6 Å². The van der Waals surface area contributed by atoms with E-state index in [0.29, 0.717) is 19.8 Å². The number of thiazole rings is 1. The lowest BCUT2D eigenvalue weighted by molar-refractivity contribution is -0.692. The monoisotopic (exact) mass is 669 g/mol. The third kappa shape index (κ3) is 21.2. The summed E-state index contributed by atoms with van der Waals surface area (Å²) < 4.78 is 56.5. The first-order chi connectivity index (χ1) is 21.9. The molecular weight excluding hydrogens is 611 g/mol. The van der Waals surface area contributed by atoms with Gasteiger partial charge in [-0.2, -0.15) is 4.57 Å². The van der Waals surface area contributed by atoms with Crippen molar-refractivity contribution in [1.82, 2.24) is 0 Å². The average molecular weight is 670 g/mol. The van der Waals surface area contributed by atoms with Gasteiger partial charge in [-0.1, -0.05) is 119 Å². The number of aromatic nitrogens is 1. The third-order valence-corrected chi connectivity index (χ3v) is 9.32. The fourth-order valence-electron chi connectivity index (χ4n) is 5.07. The van der Waals surface area contributed by atoms with Gasteiger partial charge in [0.25, 0.3) is 0 Å². The molecule has 0 saturated carbocycles. The van der Waals surface area contributed by atoms with Crippen LogP contribution in [0.25, 0.3) is 0 Å². The van der Waals surface area contributed by atoms with Crippen LogP contribution in [-0.2, 0) is 35.6 Å². The van der Waals surface area contributed by atoms with Crippen molar-refractivity contribution in [2.24, 2.45) is 0 Å². The minimum Gasteiger partial charge on any atom is -0.744 e. The van der Waals surface area contributed by atoms with Crippen molar-refractivity contribution in [2.45, 2.75) is 140 Å². The summed E-state index contributed by atoms with van der Waals surface area (Å²) in [5, 5.41) is 2.11. The molecule has 1 saturated heterocycles. The molecule has 0 N–H and O–H groups in total. The maximum atomic E-state index is 10.4. The van der Waals surface area contributed by atoms with Crippen LogP contribution in [0.4, 0.5) is 0 Å². The van der Waals surface area contributed by atoms with Gasteiger partial charge in [-0.15, -0.1) is 0 Å². The Labute approximate surface area is 277 Å². The van der Waals surface area contributed by atoms with Crippen LogP contribution in [0, 0.1) is 6.92 Å². The molecule has 2 atom stereocenters. The maximum absolute atomic E-state index is 10.4. The van der Waals surface area contributed by atoms with Gasteiger partial charge in [0.1, 0.15) is 22.8 Å². The summed E-state index contributed by atoms with van der Waals surface area (Å²) in [6, 6.07) is 5.78. The Kier molecular flexibility index (Phi) is 22.7. The molecule has 1 fully saturated rings. The van der Waals surface area contributed by atoms with E-state index in [1.54, 1.807) is 23.5 Å². The van der Waals surface area contributed by atoms with E-state index in [1.807, 2.05) is 6.92 Å². The lowest BCUT2D eigenvalue weighted by Crippen LogP contribution is -2.30. The Morgan fingerprint density at radius 2 is 1.38 bits per heavy atom. The minimum atomic E-state index is -4.27. The van der Waals surface area contributed by atoms with Gasteiger partial charge >= 0.3 is 0 Å². The Balaban J connectivity index is 0.000000537. The van der Waals surface area contributed by atoms with Gasteiger partial charge in [0.2, 0.25) is 5.51 Å². The number of ether oxygens (including phenoxy) is 4. The van der Waals surface area contributed by atoms with E-state index in [-0.39, 0.29) is 17.3 Å². The van der Waals surface area contributed by atoms with E-state index in [9.17, 15) is 13.0 Å². The molecule has 0 aliphatic carbocycles. The molecule has 1 aliphatic heterocycles. The molecule has 2 aromatic rings. The summed E-state index contributed by atoms with van der Waals surface area (Å²) in [6.07, 6.45) is 23.5. The number of benzene rings is 1. The third-order valence-electron chi connectivity index (χ3n) is 7.80. The Hall–Kier alpha value is -1.40. The predicted molar refractivity (Wildman–Crippen MR) is 179 cm³/mol. The second-order valence-electron chi connectivity index (χ2n) is 12.0. The Morgan fingerprint density at radius 3 is 1.93 bits per heavy atom. The molecule has 1 aromatic carbocycles.